The number of nitrogens with zero attached hydrogens (tertiary/aromatic N) is 2. The average Bonchev–Trinajstić information content (AvgIpc) is 2.83. The number of nitrogens with one attached hydrogen (secondary N) is 2. The van der Waals surface area contributed by atoms with Crippen molar-refractivity contribution in [3.05, 3.63) is 40.9 Å². The SMILES string of the molecule is Cc1nnc(NC(=O)NC(CC(=O)O)c2ccccc2)s1. The van der Waals surface area contributed by atoms with Crippen LogP contribution in [0.5, 0.6) is 0 Å². The summed E-state index contributed by atoms with van der Waals surface area (Å²) in [6.45, 7) is 1.78. The van der Waals surface area contributed by atoms with Gasteiger partial charge in [-0.25, -0.2) is 4.79 Å². The van der Waals surface area contributed by atoms with E-state index in [9.17, 15) is 9.59 Å². The van der Waals surface area contributed by atoms with Crippen LogP contribution in [0.2, 0.25) is 0 Å². The van der Waals surface area contributed by atoms with E-state index in [1.54, 1.807) is 31.2 Å². The van der Waals surface area contributed by atoms with Gasteiger partial charge in [-0.05, 0) is 12.5 Å². The fourth-order valence-corrected chi connectivity index (χ4v) is 2.34. The van der Waals surface area contributed by atoms with E-state index in [0.717, 1.165) is 10.6 Å². The molecule has 0 saturated carbocycles. The largest absolute Gasteiger partial charge is 0.481 e. The first-order valence-corrected chi connectivity index (χ1v) is 7.00. The zero-order valence-corrected chi connectivity index (χ0v) is 12.1. The summed E-state index contributed by atoms with van der Waals surface area (Å²) < 4.78 is 0. The molecule has 1 atom stereocenters. The number of carbonyl (C=O) groups is 2. The van der Waals surface area contributed by atoms with Crippen LogP contribution >= 0.6 is 11.3 Å². The van der Waals surface area contributed by atoms with E-state index in [4.69, 9.17) is 5.11 Å². The van der Waals surface area contributed by atoms with Crippen molar-refractivity contribution in [1.82, 2.24) is 15.5 Å². The molecule has 21 heavy (non-hydrogen) atoms. The number of urea groups is 1. The molecule has 8 heteroatoms. The van der Waals surface area contributed by atoms with Crippen LogP contribution in [0.3, 0.4) is 0 Å². The van der Waals surface area contributed by atoms with E-state index < -0.39 is 18.0 Å². The number of hydrogen-bond acceptors (Lipinski definition) is 5. The van der Waals surface area contributed by atoms with Gasteiger partial charge in [-0.2, -0.15) is 0 Å². The molecular weight excluding hydrogens is 292 g/mol. The molecule has 0 spiro atoms. The molecule has 0 bridgehead atoms. The number of amides is 2. The summed E-state index contributed by atoms with van der Waals surface area (Å²) in [6.07, 6.45) is -0.202. The number of aryl methyl sites for hydroxylation is 1. The number of carbonyl (C=O) groups excluding carboxylic acids is 1. The van der Waals surface area contributed by atoms with Gasteiger partial charge in [0.25, 0.3) is 0 Å². The predicted octanol–water partition coefficient (Wildman–Crippen LogP) is 2.18. The van der Waals surface area contributed by atoms with Gasteiger partial charge in [-0.1, -0.05) is 41.7 Å². The number of hydrogen-bond donors (Lipinski definition) is 3. The quantitative estimate of drug-likeness (QED) is 0.785. The third kappa shape index (κ3) is 4.53. The molecule has 1 aromatic carbocycles. The Bertz CT molecular complexity index is 629. The molecule has 0 aliphatic rings. The molecule has 1 aromatic heterocycles. The Kier molecular flexibility index (Phi) is 4.83. The Labute approximate surface area is 125 Å². The summed E-state index contributed by atoms with van der Waals surface area (Å²) in [5, 5.41) is 22.8. The van der Waals surface area contributed by atoms with Crippen molar-refractivity contribution >= 4 is 28.5 Å². The maximum atomic E-state index is 11.9. The summed E-state index contributed by atoms with van der Waals surface area (Å²) in [6, 6.07) is 7.81. The van der Waals surface area contributed by atoms with Gasteiger partial charge in [0, 0.05) is 0 Å². The van der Waals surface area contributed by atoms with Crippen LogP contribution in [0.4, 0.5) is 9.93 Å². The topological polar surface area (TPSA) is 104 Å². The summed E-state index contributed by atoms with van der Waals surface area (Å²) in [5.41, 5.74) is 0.725. The van der Waals surface area contributed by atoms with Crippen molar-refractivity contribution < 1.29 is 14.7 Å². The lowest BCUT2D eigenvalue weighted by atomic mass is 10.0. The molecule has 2 rings (SSSR count). The minimum absolute atomic E-state index is 0.202. The van der Waals surface area contributed by atoms with Gasteiger partial charge in [0.15, 0.2) is 0 Å². The maximum absolute atomic E-state index is 11.9. The van der Waals surface area contributed by atoms with Crippen LogP contribution in [-0.4, -0.2) is 27.3 Å². The number of carboxylic acid groups (broad SMARTS) is 1. The molecule has 1 heterocycles. The highest BCUT2D eigenvalue weighted by Gasteiger charge is 2.18. The highest BCUT2D eigenvalue weighted by molar-refractivity contribution is 7.15. The van der Waals surface area contributed by atoms with Crippen LogP contribution in [0, 0.1) is 6.92 Å². The number of benzene rings is 1. The van der Waals surface area contributed by atoms with Crippen molar-refractivity contribution in [3.8, 4) is 0 Å². The van der Waals surface area contributed by atoms with Gasteiger partial charge < -0.3 is 10.4 Å². The Balaban J connectivity index is 2.04. The van der Waals surface area contributed by atoms with Crippen molar-refractivity contribution in [2.24, 2.45) is 0 Å². The summed E-state index contributed by atoms with van der Waals surface area (Å²) in [7, 11) is 0. The molecule has 0 aliphatic heterocycles. The molecule has 0 radical (unpaired) electrons. The first-order valence-electron chi connectivity index (χ1n) is 6.19. The van der Waals surface area contributed by atoms with E-state index in [-0.39, 0.29) is 6.42 Å². The standard InChI is InChI=1S/C13H14N4O3S/c1-8-16-17-13(21-8)15-12(20)14-10(7-11(18)19)9-5-3-2-4-6-9/h2-6,10H,7H2,1H3,(H,18,19)(H2,14,15,17,20). The smallest absolute Gasteiger partial charge is 0.321 e. The van der Waals surface area contributed by atoms with Crippen LogP contribution in [0.15, 0.2) is 30.3 Å². The van der Waals surface area contributed by atoms with Gasteiger partial charge in [-0.15, -0.1) is 10.2 Å². The van der Waals surface area contributed by atoms with Crippen molar-refractivity contribution in [3.63, 3.8) is 0 Å². The van der Waals surface area contributed by atoms with Gasteiger partial charge >= 0.3 is 12.0 Å². The van der Waals surface area contributed by atoms with Gasteiger partial charge in [-0.3, -0.25) is 10.1 Å². The molecule has 3 N–H and O–H groups in total. The predicted molar refractivity (Wildman–Crippen MR) is 78.2 cm³/mol. The normalized spacial score (nSPS) is 11.7. The zero-order valence-electron chi connectivity index (χ0n) is 11.2. The number of carboxylic acids is 1. The second-order valence-corrected chi connectivity index (χ2v) is 5.47. The third-order valence-corrected chi connectivity index (χ3v) is 3.39. The molecule has 110 valence electrons. The van der Waals surface area contributed by atoms with Gasteiger partial charge in [0.05, 0.1) is 12.5 Å². The van der Waals surface area contributed by atoms with Crippen molar-refractivity contribution in [1.29, 1.82) is 0 Å². The number of aliphatic carboxylic acids is 1. The van der Waals surface area contributed by atoms with E-state index >= 15 is 0 Å². The molecule has 0 aliphatic carbocycles. The Hall–Kier alpha value is -2.48. The molecule has 2 aromatic rings. The highest BCUT2D eigenvalue weighted by Crippen LogP contribution is 2.18. The number of anilines is 1. The highest BCUT2D eigenvalue weighted by atomic mass is 32.1. The second-order valence-electron chi connectivity index (χ2n) is 4.29. The van der Waals surface area contributed by atoms with Crippen LogP contribution in [0.1, 0.15) is 23.0 Å². The molecule has 0 saturated heterocycles. The summed E-state index contributed by atoms with van der Waals surface area (Å²) >= 11 is 1.24. The molecule has 0 fully saturated rings. The summed E-state index contributed by atoms with van der Waals surface area (Å²) in [4.78, 5) is 22.8. The van der Waals surface area contributed by atoms with Crippen LogP contribution in [0.25, 0.3) is 0 Å². The first-order chi connectivity index (χ1) is 10.0. The number of aromatic nitrogens is 2. The lowest BCUT2D eigenvalue weighted by Gasteiger charge is -2.17. The zero-order chi connectivity index (χ0) is 15.2. The Morgan fingerprint density at radius 3 is 2.57 bits per heavy atom. The van der Waals surface area contributed by atoms with E-state index in [2.05, 4.69) is 20.8 Å². The van der Waals surface area contributed by atoms with Crippen LogP contribution in [-0.2, 0) is 4.79 Å². The fourth-order valence-electron chi connectivity index (χ4n) is 1.75. The molecule has 2 amide bonds. The Morgan fingerprint density at radius 2 is 2.00 bits per heavy atom. The third-order valence-electron chi connectivity index (χ3n) is 2.63. The lowest BCUT2D eigenvalue weighted by Crippen LogP contribution is -2.33. The molecule has 7 nitrogen and oxygen atoms in total. The van der Waals surface area contributed by atoms with E-state index in [1.165, 1.54) is 11.3 Å². The van der Waals surface area contributed by atoms with E-state index in [0.29, 0.717) is 5.13 Å². The molecule has 1 unspecified atom stereocenters. The fraction of sp³-hybridized carbons (Fsp3) is 0.231. The summed E-state index contributed by atoms with van der Waals surface area (Å²) in [5.74, 6) is -0.990. The lowest BCUT2D eigenvalue weighted by molar-refractivity contribution is -0.137. The second kappa shape index (κ2) is 6.80. The van der Waals surface area contributed by atoms with Crippen molar-refractivity contribution in [2.45, 2.75) is 19.4 Å². The number of rotatable bonds is 5. The van der Waals surface area contributed by atoms with Gasteiger partial charge in [0.1, 0.15) is 5.01 Å². The van der Waals surface area contributed by atoms with Crippen molar-refractivity contribution in [2.75, 3.05) is 5.32 Å². The first kappa shape index (κ1) is 14.9. The average molecular weight is 306 g/mol. The minimum atomic E-state index is -0.990. The molecular formula is C13H14N4O3S. The minimum Gasteiger partial charge on any atom is -0.481 e. The Morgan fingerprint density at radius 1 is 1.29 bits per heavy atom. The van der Waals surface area contributed by atoms with E-state index in [1.807, 2.05) is 6.07 Å². The maximum Gasteiger partial charge on any atom is 0.321 e. The van der Waals surface area contributed by atoms with Crippen LogP contribution < -0.4 is 10.6 Å². The monoisotopic (exact) mass is 306 g/mol. The van der Waals surface area contributed by atoms with Gasteiger partial charge in [0.2, 0.25) is 5.13 Å².